The first-order valence-electron chi connectivity index (χ1n) is 5.66. The van der Waals surface area contributed by atoms with Crippen LogP contribution in [-0.4, -0.2) is 24.0 Å². The van der Waals surface area contributed by atoms with Gasteiger partial charge in [-0.05, 0) is 26.0 Å². The summed E-state index contributed by atoms with van der Waals surface area (Å²) in [5, 5.41) is 12.5. The zero-order valence-electron chi connectivity index (χ0n) is 10.4. The highest BCUT2D eigenvalue weighted by Gasteiger charge is 2.21. The molecule has 1 heterocycles. The van der Waals surface area contributed by atoms with E-state index in [2.05, 4.69) is 5.16 Å². The number of halogens is 1. The number of furan rings is 1. The maximum atomic E-state index is 11.7. The van der Waals surface area contributed by atoms with E-state index >= 15 is 0 Å². The number of fused-ring (bicyclic) bond motifs is 1. The molecule has 0 aliphatic carbocycles. The van der Waals surface area contributed by atoms with Crippen LogP contribution in [0.15, 0.2) is 21.7 Å². The first-order chi connectivity index (χ1) is 9.10. The number of rotatable bonds is 3. The fourth-order valence-electron chi connectivity index (χ4n) is 1.86. The van der Waals surface area contributed by atoms with Crippen molar-refractivity contribution in [2.75, 3.05) is 6.61 Å². The summed E-state index contributed by atoms with van der Waals surface area (Å²) in [7, 11) is 0. The van der Waals surface area contributed by atoms with Gasteiger partial charge in [-0.1, -0.05) is 16.8 Å². The van der Waals surface area contributed by atoms with Gasteiger partial charge in [-0.25, -0.2) is 4.79 Å². The second kappa shape index (κ2) is 5.32. The van der Waals surface area contributed by atoms with Crippen LogP contribution in [0.2, 0.25) is 5.02 Å². The van der Waals surface area contributed by atoms with E-state index in [0.717, 1.165) is 0 Å². The first kappa shape index (κ1) is 13.4. The fourth-order valence-corrected chi connectivity index (χ4v) is 2.21. The van der Waals surface area contributed by atoms with E-state index in [4.69, 9.17) is 26.0 Å². The molecule has 0 spiro atoms. The van der Waals surface area contributed by atoms with Gasteiger partial charge in [0.05, 0.1) is 17.8 Å². The van der Waals surface area contributed by atoms with Crippen molar-refractivity contribution in [1.29, 1.82) is 0 Å². The van der Waals surface area contributed by atoms with Gasteiger partial charge in [0.15, 0.2) is 0 Å². The number of oxime groups is 1. The van der Waals surface area contributed by atoms with E-state index in [-0.39, 0.29) is 12.4 Å². The van der Waals surface area contributed by atoms with E-state index in [9.17, 15) is 4.79 Å². The predicted molar refractivity (Wildman–Crippen MR) is 71.3 cm³/mol. The number of hydrogen-bond donors (Lipinski definition) is 1. The Bertz CT molecular complexity index is 660. The summed E-state index contributed by atoms with van der Waals surface area (Å²) >= 11 is 6.21. The second-order valence-electron chi connectivity index (χ2n) is 3.86. The molecule has 6 heteroatoms. The van der Waals surface area contributed by atoms with Crippen LogP contribution >= 0.6 is 11.6 Å². The number of carbonyl (C=O) groups excluding carboxylic acids is 1. The Labute approximate surface area is 114 Å². The van der Waals surface area contributed by atoms with Gasteiger partial charge in [-0.2, -0.15) is 0 Å². The Hall–Kier alpha value is -2.01. The molecule has 0 bridgehead atoms. The van der Waals surface area contributed by atoms with Crippen molar-refractivity contribution >= 4 is 34.8 Å². The summed E-state index contributed by atoms with van der Waals surface area (Å²) in [5.41, 5.74) is 1.63. The molecule has 0 atom stereocenters. The molecule has 5 nitrogen and oxygen atoms in total. The lowest BCUT2D eigenvalue weighted by atomic mass is 10.1. The van der Waals surface area contributed by atoms with Crippen LogP contribution in [0.25, 0.3) is 11.0 Å². The van der Waals surface area contributed by atoms with Crippen LogP contribution in [0.1, 0.15) is 28.6 Å². The summed E-state index contributed by atoms with van der Waals surface area (Å²) in [6, 6.07) is 3.30. The number of ether oxygens (including phenoxy) is 1. The summed E-state index contributed by atoms with van der Waals surface area (Å²) in [4.78, 5) is 11.7. The van der Waals surface area contributed by atoms with Crippen molar-refractivity contribution in [2.24, 2.45) is 5.16 Å². The molecule has 1 aromatic heterocycles. The van der Waals surface area contributed by atoms with Gasteiger partial charge in [0.1, 0.15) is 5.58 Å². The number of carbonyl (C=O) groups is 1. The van der Waals surface area contributed by atoms with Crippen LogP contribution in [0.5, 0.6) is 0 Å². The molecule has 100 valence electrons. The monoisotopic (exact) mass is 281 g/mol. The van der Waals surface area contributed by atoms with Gasteiger partial charge in [0, 0.05) is 16.5 Å². The van der Waals surface area contributed by atoms with Crippen molar-refractivity contribution in [3.8, 4) is 0 Å². The van der Waals surface area contributed by atoms with Crippen LogP contribution in [0, 0.1) is 6.92 Å². The average Bonchev–Trinajstić information content (AvgIpc) is 2.71. The van der Waals surface area contributed by atoms with Crippen molar-refractivity contribution in [3.05, 3.63) is 34.0 Å². The minimum absolute atomic E-state index is 0.136. The molecule has 19 heavy (non-hydrogen) atoms. The van der Waals surface area contributed by atoms with Gasteiger partial charge in [0.25, 0.3) is 0 Å². The molecule has 2 aromatic rings. The first-order valence-corrected chi connectivity index (χ1v) is 6.04. The van der Waals surface area contributed by atoms with Crippen molar-refractivity contribution in [1.82, 2.24) is 0 Å². The van der Waals surface area contributed by atoms with Gasteiger partial charge < -0.3 is 14.4 Å². The summed E-state index contributed by atoms with van der Waals surface area (Å²) in [6.07, 6.45) is 1.22. The number of esters is 1. The molecule has 1 N–H and O–H groups in total. The lowest BCUT2D eigenvalue weighted by molar-refractivity contribution is 0.0491. The van der Waals surface area contributed by atoms with E-state index < -0.39 is 5.97 Å². The predicted octanol–water partition coefficient (Wildman–Crippen LogP) is 3.38. The largest absolute Gasteiger partial charge is 0.460 e. The summed E-state index contributed by atoms with van der Waals surface area (Å²) < 4.78 is 10.4. The molecule has 1 aromatic carbocycles. The topological polar surface area (TPSA) is 72.0 Å². The molecular weight excluding hydrogens is 270 g/mol. The van der Waals surface area contributed by atoms with Crippen molar-refractivity contribution in [3.63, 3.8) is 0 Å². The molecular formula is C13H12ClNO4. The van der Waals surface area contributed by atoms with Gasteiger partial charge in [0.2, 0.25) is 5.76 Å². The molecule has 0 fully saturated rings. The minimum Gasteiger partial charge on any atom is -0.460 e. The maximum absolute atomic E-state index is 11.7. The number of hydrogen-bond acceptors (Lipinski definition) is 5. The van der Waals surface area contributed by atoms with E-state index in [1.165, 1.54) is 6.21 Å². The van der Waals surface area contributed by atoms with E-state index in [1.807, 2.05) is 0 Å². The molecule has 2 rings (SSSR count). The second-order valence-corrected chi connectivity index (χ2v) is 4.24. The normalized spacial score (nSPS) is 11.3. The highest BCUT2D eigenvalue weighted by Crippen LogP contribution is 2.33. The summed E-state index contributed by atoms with van der Waals surface area (Å²) in [5.74, 6) is -0.388. The Morgan fingerprint density at radius 3 is 2.95 bits per heavy atom. The molecule has 0 saturated heterocycles. The third-order valence-electron chi connectivity index (χ3n) is 2.72. The Kier molecular flexibility index (Phi) is 3.76. The molecule has 0 saturated carbocycles. The van der Waals surface area contributed by atoms with Crippen LogP contribution in [0.3, 0.4) is 0 Å². The van der Waals surface area contributed by atoms with Crippen molar-refractivity contribution < 1.29 is 19.2 Å². The standard InChI is InChI=1S/C13H12ClNO4/c1-3-18-13(16)12-7(2)10-9(19-12)5-4-8(6-15-17)11(10)14/h4-6,17H,3H2,1-2H3/b15-6+. The highest BCUT2D eigenvalue weighted by molar-refractivity contribution is 6.38. The lowest BCUT2D eigenvalue weighted by Gasteiger charge is -1.99. The smallest absolute Gasteiger partial charge is 0.374 e. The lowest BCUT2D eigenvalue weighted by Crippen LogP contribution is -2.04. The number of aryl methyl sites for hydroxylation is 1. The van der Waals surface area contributed by atoms with Gasteiger partial charge >= 0.3 is 5.97 Å². The molecule has 0 radical (unpaired) electrons. The zero-order valence-corrected chi connectivity index (χ0v) is 11.2. The molecule has 0 amide bonds. The average molecular weight is 282 g/mol. The van der Waals surface area contributed by atoms with E-state index in [1.54, 1.807) is 26.0 Å². The third kappa shape index (κ3) is 2.29. The highest BCUT2D eigenvalue weighted by atomic mass is 35.5. The Morgan fingerprint density at radius 1 is 1.58 bits per heavy atom. The minimum atomic E-state index is -0.523. The third-order valence-corrected chi connectivity index (χ3v) is 3.13. The number of benzene rings is 1. The van der Waals surface area contributed by atoms with Gasteiger partial charge in [-0.15, -0.1) is 0 Å². The Balaban J connectivity index is 2.64. The maximum Gasteiger partial charge on any atom is 0.374 e. The quantitative estimate of drug-likeness (QED) is 0.405. The zero-order chi connectivity index (χ0) is 14.0. The fraction of sp³-hybridized carbons (Fsp3) is 0.231. The van der Waals surface area contributed by atoms with Crippen LogP contribution in [0.4, 0.5) is 0 Å². The summed E-state index contributed by atoms with van der Waals surface area (Å²) in [6.45, 7) is 3.72. The van der Waals surface area contributed by atoms with E-state index in [0.29, 0.717) is 27.1 Å². The number of nitrogens with zero attached hydrogens (tertiary/aromatic N) is 1. The molecule has 0 aliphatic rings. The van der Waals surface area contributed by atoms with Crippen molar-refractivity contribution in [2.45, 2.75) is 13.8 Å². The van der Waals surface area contributed by atoms with Crippen LogP contribution < -0.4 is 0 Å². The SMILES string of the molecule is CCOC(=O)c1oc2ccc(/C=N/O)c(Cl)c2c1C. The molecule has 0 aliphatic heterocycles. The molecule has 0 unspecified atom stereocenters. The van der Waals surface area contributed by atoms with Crippen LogP contribution in [-0.2, 0) is 4.74 Å². The van der Waals surface area contributed by atoms with Gasteiger partial charge in [-0.3, -0.25) is 0 Å². The Morgan fingerprint density at radius 2 is 2.32 bits per heavy atom.